The van der Waals surface area contributed by atoms with Crippen LogP contribution in [0.25, 0.3) is 0 Å². The van der Waals surface area contributed by atoms with E-state index in [9.17, 15) is 0 Å². The van der Waals surface area contributed by atoms with Gasteiger partial charge in [0, 0.05) is 13.1 Å². The van der Waals surface area contributed by atoms with E-state index in [1.807, 2.05) is 12.4 Å². The lowest BCUT2D eigenvalue weighted by Crippen LogP contribution is -2.18. The molecule has 58 valence electrons. The maximum atomic E-state index is 6.50. The molecular formula is C6H13N3O. The standard InChI is InChI=1S/C6H10N2.H3NO/c1-2-4-8-5-3-7-6-8;1-2/h2,6H,1,3-5H2;2H,1H2. The monoisotopic (exact) mass is 143 g/mol. The first-order valence-electron chi connectivity index (χ1n) is 3.04. The van der Waals surface area contributed by atoms with Gasteiger partial charge in [0.1, 0.15) is 0 Å². The van der Waals surface area contributed by atoms with Crippen LogP contribution in [0.2, 0.25) is 0 Å². The van der Waals surface area contributed by atoms with Gasteiger partial charge in [0.15, 0.2) is 0 Å². The Labute approximate surface area is 60.6 Å². The first kappa shape index (κ1) is 9.13. The predicted octanol–water partition coefficient (Wildman–Crippen LogP) is -0.149. The molecule has 3 N–H and O–H groups in total. The summed E-state index contributed by atoms with van der Waals surface area (Å²) < 4.78 is 0. The maximum Gasteiger partial charge on any atom is 0.0854 e. The molecule has 1 heterocycles. The summed E-state index contributed by atoms with van der Waals surface area (Å²) in [4.78, 5) is 6.17. The molecule has 0 saturated heterocycles. The zero-order chi connectivity index (χ0) is 7.82. The molecule has 1 aliphatic rings. The van der Waals surface area contributed by atoms with Crippen LogP contribution in [0, 0.1) is 0 Å². The Bertz CT molecular complexity index is 114. The average Bonchev–Trinajstić information content (AvgIpc) is 2.46. The minimum absolute atomic E-state index is 0.934. The highest BCUT2D eigenvalue weighted by atomic mass is 16.4. The van der Waals surface area contributed by atoms with Gasteiger partial charge in [0.2, 0.25) is 0 Å². The Morgan fingerprint density at radius 1 is 1.80 bits per heavy atom. The number of rotatable bonds is 2. The van der Waals surface area contributed by atoms with Crippen molar-refractivity contribution in [3.63, 3.8) is 0 Å². The smallest absolute Gasteiger partial charge is 0.0854 e. The van der Waals surface area contributed by atoms with Crippen LogP contribution in [0.4, 0.5) is 0 Å². The van der Waals surface area contributed by atoms with Gasteiger partial charge in [0.05, 0.1) is 12.9 Å². The normalized spacial score (nSPS) is 14.4. The molecule has 0 aromatic heterocycles. The van der Waals surface area contributed by atoms with Crippen molar-refractivity contribution in [1.29, 1.82) is 0 Å². The molecule has 0 fully saturated rings. The fraction of sp³-hybridized carbons (Fsp3) is 0.500. The highest BCUT2D eigenvalue weighted by Gasteiger charge is 1.99. The summed E-state index contributed by atoms with van der Waals surface area (Å²) in [6, 6.07) is 0. The minimum atomic E-state index is 0.934. The van der Waals surface area contributed by atoms with Gasteiger partial charge in [0.25, 0.3) is 0 Å². The Hall–Kier alpha value is -0.870. The van der Waals surface area contributed by atoms with E-state index in [0.29, 0.717) is 0 Å². The molecule has 0 spiro atoms. The van der Waals surface area contributed by atoms with Crippen molar-refractivity contribution in [1.82, 2.24) is 4.90 Å². The lowest BCUT2D eigenvalue weighted by molar-refractivity contribution is 0.311. The van der Waals surface area contributed by atoms with Crippen molar-refractivity contribution in [2.45, 2.75) is 0 Å². The van der Waals surface area contributed by atoms with Gasteiger partial charge in [-0.2, -0.15) is 0 Å². The summed E-state index contributed by atoms with van der Waals surface area (Å²) in [5, 5.41) is 6.50. The zero-order valence-electron chi connectivity index (χ0n) is 5.90. The summed E-state index contributed by atoms with van der Waals surface area (Å²) in [7, 11) is 0. The fourth-order valence-electron chi connectivity index (χ4n) is 0.721. The SMILES string of the molecule is C=CCN1C=NCC1.NO. The summed E-state index contributed by atoms with van der Waals surface area (Å²) in [5.74, 6) is 3.50. The Morgan fingerprint density at radius 3 is 2.90 bits per heavy atom. The molecule has 0 aromatic carbocycles. The number of aliphatic imine (C=N–C) groups is 1. The number of nitrogens with two attached hydrogens (primary N) is 1. The second-order valence-corrected chi connectivity index (χ2v) is 1.81. The van der Waals surface area contributed by atoms with E-state index < -0.39 is 0 Å². The Morgan fingerprint density at radius 2 is 2.50 bits per heavy atom. The van der Waals surface area contributed by atoms with Crippen LogP contribution < -0.4 is 5.90 Å². The molecule has 0 atom stereocenters. The van der Waals surface area contributed by atoms with Crippen LogP contribution in [-0.2, 0) is 0 Å². The molecule has 0 aromatic rings. The van der Waals surface area contributed by atoms with Crippen LogP contribution in [0.5, 0.6) is 0 Å². The molecule has 0 amide bonds. The average molecular weight is 143 g/mol. The number of nitrogens with zero attached hydrogens (tertiary/aromatic N) is 2. The predicted molar refractivity (Wildman–Crippen MR) is 41.1 cm³/mol. The van der Waals surface area contributed by atoms with E-state index in [1.165, 1.54) is 0 Å². The van der Waals surface area contributed by atoms with E-state index in [0.717, 1.165) is 19.6 Å². The fourth-order valence-corrected chi connectivity index (χ4v) is 0.721. The van der Waals surface area contributed by atoms with Crippen molar-refractivity contribution in [3.05, 3.63) is 12.7 Å². The van der Waals surface area contributed by atoms with Crippen LogP contribution in [0.3, 0.4) is 0 Å². The Balaban J connectivity index is 0.000000371. The van der Waals surface area contributed by atoms with E-state index >= 15 is 0 Å². The largest absolute Gasteiger partial charge is 0.357 e. The topological polar surface area (TPSA) is 61.8 Å². The van der Waals surface area contributed by atoms with Crippen molar-refractivity contribution in [2.75, 3.05) is 19.6 Å². The van der Waals surface area contributed by atoms with Gasteiger partial charge in [-0.05, 0) is 0 Å². The molecule has 0 saturated carbocycles. The molecule has 0 radical (unpaired) electrons. The maximum absolute atomic E-state index is 6.50. The molecule has 10 heavy (non-hydrogen) atoms. The highest BCUT2D eigenvalue weighted by molar-refractivity contribution is 5.57. The molecule has 0 aliphatic carbocycles. The van der Waals surface area contributed by atoms with Gasteiger partial charge >= 0.3 is 0 Å². The Kier molecular flexibility index (Phi) is 5.71. The van der Waals surface area contributed by atoms with Gasteiger partial charge < -0.3 is 10.1 Å². The second kappa shape index (κ2) is 6.25. The summed E-state index contributed by atoms with van der Waals surface area (Å²) in [6.45, 7) is 6.57. The van der Waals surface area contributed by atoms with E-state index in [4.69, 9.17) is 5.21 Å². The summed E-state index contributed by atoms with van der Waals surface area (Å²) >= 11 is 0. The highest BCUT2D eigenvalue weighted by Crippen LogP contribution is 1.90. The minimum Gasteiger partial charge on any atom is -0.357 e. The second-order valence-electron chi connectivity index (χ2n) is 1.81. The molecule has 0 unspecified atom stereocenters. The van der Waals surface area contributed by atoms with Crippen LogP contribution in [0.1, 0.15) is 0 Å². The van der Waals surface area contributed by atoms with E-state index in [-0.39, 0.29) is 0 Å². The third-order valence-electron chi connectivity index (χ3n) is 1.12. The van der Waals surface area contributed by atoms with Crippen molar-refractivity contribution >= 4 is 6.34 Å². The number of hydrogen-bond acceptors (Lipinski definition) is 4. The lowest BCUT2D eigenvalue weighted by atomic mass is 10.5. The van der Waals surface area contributed by atoms with Crippen molar-refractivity contribution in [3.8, 4) is 0 Å². The molecular weight excluding hydrogens is 130 g/mol. The third kappa shape index (κ3) is 3.21. The molecule has 0 bridgehead atoms. The molecule has 4 heteroatoms. The first-order chi connectivity index (χ1) is 4.93. The van der Waals surface area contributed by atoms with Gasteiger partial charge in [-0.25, -0.2) is 5.90 Å². The van der Waals surface area contributed by atoms with E-state index in [1.54, 1.807) is 0 Å². The van der Waals surface area contributed by atoms with Crippen LogP contribution >= 0.6 is 0 Å². The first-order valence-corrected chi connectivity index (χ1v) is 3.04. The van der Waals surface area contributed by atoms with Crippen molar-refractivity contribution < 1.29 is 5.21 Å². The van der Waals surface area contributed by atoms with E-state index in [2.05, 4.69) is 22.4 Å². The summed E-state index contributed by atoms with van der Waals surface area (Å²) in [6.07, 6.45) is 3.76. The molecule has 1 rings (SSSR count). The molecule has 4 nitrogen and oxygen atoms in total. The summed E-state index contributed by atoms with van der Waals surface area (Å²) in [5.41, 5.74) is 0. The van der Waals surface area contributed by atoms with Crippen LogP contribution in [0.15, 0.2) is 17.6 Å². The van der Waals surface area contributed by atoms with Crippen LogP contribution in [-0.4, -0.2) is 36.1 Å². The quantitative estimate of drug-likeness (QED) is 0.417. The lowest BCUT2D eigenvalue weighted by Gasteiger charge is -2.08. The van der Waals surface area contributed by atoms with Gasteiger partial charge in [-0.3, -0.25) is 4.99 Å². The third-order valence-corrected chi connectivity index (χ3v) is 1.12. The van der Waals surface area contributed by atoms with Gasteiger partial charge in [-0.1, -0.05) is 6.08 Å². The number of hydrogen-bond donors (Lipinski definition) is 2. The zero-order valence-corrected chi connectivity index (χ0v) is 5.90. The molecule has 1 aliphatic heterocycles. The van der Waals surface area contributed by atoms with Gasteiger partial charge in [-0.15, -0.1) is 6.58 Å². The van der Waals surface area contributed by atoms with Crippen molar-refractivity contribution in [2.24, 2.45) is 10.9 Å².